The standard InChI is InChI=1S/C15H15ClN4O3/c1-2-23-13(21)9-19-14-11(4-3-6-18-14)20-15(22)12-8-10(16)5-7-17-12/h3-8H,2,9H2,1H3,(H,18,19)(H,20,22). The maximum atomic E-state index is 12.2. The summed E-state index contributed by atoms with van der Waals surface area (Å²) >= 11 is 5.84. The van der Waals surface area contributed by atoms with E-state index in [1.54, 1.807) is 31.3 Å². The van der Waals surface area contributed by atoms with E-state index in [1.165, 1.54) is 12.3 Å². The van der Waals surface area contributed by atoms with E-state index in [1.807, 2.05) is 0 Å². The molecule has 120 valence electrons. The quantitative estimate of drug-likeness (QED) is 0.788. The normalized spacial score (nSPS) is 10.0. The number of nitrogens with one attached hydrogen (secondary N) is 2. The molecular weight excluding hydrogens is 320 g/mol. The van der Waals surface area contributed by atoms with Gasteiger partial charge in [0, 0.05) is 17.4 Å². The van der Waals surface area contributed by atoms with Gasteiger partial charge < -0.3 is 15.4 Å². The van der Waals surface area contributed by atoms with Gasteiger partial charge in [0.15, 0.2) is 0 Å². The summed E-state index contributed by atoms with van der Waals surface area (Å²) in [6.45, 7) is 1.97. The van der Waals surface area contributed by atoms with Crippen molar-refractivity contribution in [2.24, 2.45) is 0 Å². The highest BCUT2D eigenvalue weighted by molar-refractivity contribution is 6.31. The van der Waals surface area contributed by atoms with E-state index in [0.717, 1.165) is 0 Å². The number of esters is 1. The van der Waals surface area contributed by atoms with Crippen LogP contribution in [0.4, 0.5) is 11.5 Å². The van der Waals surface area contributed by atoms with E-state index in [4.69, 9.17) is 16.3 Å². The molecule has 0 saturated carbocycles. The molecule has 0 bridgehead atoms. The van der Waals surface area contributed by atoms with Gasteiger partial charge in [-0.25, -0.2) is 4.98 Å². The van der Waals surface area contributed by atoms with Gasteiger partial charge in [-0.05, 0) is 31.2 Å². The molecule has 0 radical (unpaired) electrons. The molecule has 0 aliphatic carbocycles. The van der Waals surface area contributed by atoms with E-state index in [0.29, 0.717) is 23.1 Å². The molecule has 0 saturated heterocycles. The Bertz CT molecular complexity index is 709. The van der Waals surface area contributed by atoms with Gasteiger partial charge in [0.1, 0.15) is 18.1 Å². The average molecular weight is 335 g/mol. The van der Waals surface area contributed by atoms with Crippen molar-refractivity contribution in [3.63, 3.8) is 0 Å². The molecule has 7 nitrogen and oxygen atoms in total. The molecule has 2 aromatic heterocycles. The fraction of sp³-hybridized carbons (Fsp3) is 0.200. The molecule has 2 aromatic rings. The van der Waals surface area contributed by atoms with E-state index in [9.17, 15) is 9.59 Å². The third-order valence-electron chi connectivity index (χ3n) is 2.72. The first-order valence-corrected chi connectivity index (χ1v) is 7.25. The van der Waals surface area contributed by atoms with Gasteiger partial charge in [0.05, 0.1) is 12.3 Å². The first-order valence-electron chi connectivity index (χ1n) is 6.87. The zero-order valence-corrected chi connectivity index (χ0v) is 13.1. The van der Waals surface area contributed by atoms with Crippen molar-refractivity contribution in [1.82, 2.24) is 9.97 Å². The summed E-state index contributed by atoms with van der Waals surface area (Å²) in [6.07, 6.45) is 2.99. The van der Waals surface area contributed by atoms with Crippen molar-refractivity contribution < 1.29 is 14.3 Å². The number of anilines is 2. The molecular formula is C15H15ClN4O3. The number of ether oxygens (including phenoxy) is 1. The molecule has 2 N–H and O–H groups in total. The fourth-order valence-corrected chi connectivity index (χ4v) is 1.89. The number of halogens is 1. The lowest BCUT2D eigenvalue weighted by Crippen LogP contribution is -2.20. The molecule has 0 fully saturated rings. The summed E-state index contributed by atoms with van der Waals surface area (Å²) in [5.74, 6) is -0.484. The Kier molecular flexibility index (Phi) is 5.87. The smallest absolute Gasteiger partial charge is 0.325 e. The molecule has 0 unspecified atom stereocenters. The van der Waals surface area contributed by atoms with Crippen LogP contribution in [0.5, 0.6) is 0 Å². The number of rotatable bonds is 6. The number of hydrogen-bond acceptors (Lipinski definition) is 6. The third-order valence-corrected chi connectivity index (χ3v) is 2.95. The van der Waals surface area contributed by atoms with Crippen molar-refractivity contribution >= 4 is 35.0 Å². The molecule has 0 spiro atoms. The minimum atomic E-state index is -0.431. The first kappa shape index (κ1) is 16.7. The number of pyridine rings is 2. The van der Waals surface area contributed by atoms with Gasteiger partial charge in [-0.1, -0.05) is 11.6 Å². The molecule has 0 atom stereocenters. The Morgan fingerprint density at radius 2 is 2.09 bits per heavy atom. The fourth-order valence-electron chi connectivity index (χ4n) is 1.73. The van der Waals surface area contributed by atoms with Crippen molar-refractivity contribution in [1.29, 1.82) is 0 Å². The van der Waals surface area contributed by atoms with E-state index in [2.05, 4.69) is 20.6 Å². The van der Waals surface area contributed by atoms with Crippen LogP contribution in [-0.4, -0.2) is 35.0 Å². The maximum absolute atomic E-state index is 12.2. The van der Waals surface area contributed by atoms with Crippen LogP contribution in [0.25, 0.3) is 0 Å². The van der Waals surface area contributed by atoms with Gasteiger partial charge in [-0.2, -0.15) is 0 Å². The maximum Gasteiger partial charge on any atom is 0.325 e. The van der Waals surface area contributed by atoms with Gasteiger partial charge in [-0.15, -0.1) is 0 Å². The molecule has 23 heavy (non-hydrogen) atoms. The summed E-state index contributed by atoms with van der Waals surface area (Å²) in [5, 5.41) is 5.91. The van der Waals surface area contributed by atoms with E-state index < -0.39 is 11.9 Å². The average Bonchev–Trinajstić information content (AvgIpc) is 2.54. The number of carbonyl (C=O) groups is 2. The van der Waals surface area contributed by atoms with Crippen molar-refractivity contribution in [3.05, 3.63) is 47.4 Å². The largest absolute Gasteiger partial charge is 0.465 e. The van der Waals surface area contributed by atoms with Crippen LogP contribution in [0.2, 0.25) is 5.02 Å². The lowest BCUT2D eigenvalue weighted by atomic mass is 10.3. The second kappa shape index (κ2) is 8.09. The first-order chi connectivity index (χ1) is 11.1. The summed E-state index contributed by atoms with van der Waals surface area (Å²) in [5.41, 5.74) is 0.598. The zero-order chi connectivity index (χ0) is 16.7. The molecule has 0 aromatic carbocycles. The molecule has 2 heterocycles. The molecule has 0 aliphatic heterocycles. The van der Waals surface area contributed by atoms with Gasteiger partial charge in [0.25, 0.3) is 5.91 Å². The third kappa shape index (κ3) is 4.93. The Labute approximate surface area is 138 Å². The van der Waals surface area contributed by atoms with Crippen molar-refractivity contribution in [3.8, 4) is 0 Å². The van der Waals surface area contributed by atoms with Gasteiger partial charge >= 0.3 is 5.97 Å². The number of amides is 1. The van der Waals surface area contributed by atoms with Crippen molar-refractivity contribution in [2.45, 2.75) is 6.92 Å². The zero-order valence-electron chi connectivity index (χ0n) is 12.4. The van der Waals surface area contributed by atoms with Crippen LogP contribution in [0.1, 0.15) is 17.4 Å². The Balaban J connectivity index is 2.08. The molecule has 0 aliphatic rings. The Morgan fingerprint density at radius 1 is 1.26 bits per heavy atom. The lowest BCUT2D eigenvalue weighted by molar-refractivity contribution is -0.140. The lowest BCUT2D eigenvalue weighted by Gasteiger charge is -2.11. The Morgan fingerprint density at radius 3 is 2.83 bits per heavy atom. The summed E-state index contributed by atoms with van der Waals surface area (Å²) < 4.78 is 4.83. The minimum Gasteiger partial charge on any atom is -0.465 e. The van der Waals surface area contributed by atoms with Crippen LogP contribution in [0.3, 0.4) is 0 Å². The van der Waals surface area contributed by atoms with Gasteiger partial charge in [0.2, 0.25) is 0 Å². The monoisotopic (exact) mass is 334 g/mol. The summed E-state index contributed by atoms with van der Waals surface area (Å²) in [7, 11) is 0. The molecule has 2 rings (SSSR count). The predicted molar refractivity (Wildman–Crippen MR) is 86.6 cm³/mol. The second-order valence-electron chi connectivity index (χ2n) is 4.37. The van der Waals surface area contributed by atoms with Crippen LogP contribution >= 0.6 is 11.6 Å². The second-order valence-corrected chi connectivity index (χ2v) is 4.81. The van der Waals surface area contributed by atoms with Crippen LogP contribution in [0.15, 0.2) is 36.7 Å². The number of carbonyl (C=O) groups excluding carboxylic acids is 2. The predicted octanol–water partition coefficient (Wildman–Crippen LogP) is 2.36. The van der Waals surface area contributed by atoms with Gasteiger partial charge in [-0.3, -0.25) is 14.6 Å². The van der Waals surface area contributed by atoms with Crippen LogP contribution in [0, 0.1) is 0 Å². The molecule has 8 heteroatoms. The molecule has 1 amide bonds. The number of hydrogen-bond donors (Lipinski definition) is 2. The highest BCUT2D eigenvalue weighted by atomic mass is 35.5. The number of aromatic nitrogens is 2. The Hall–Kier alpha value is -2.67. The summed E-state index contributed by atoms with van der Waals surface area (Å²) in [6, 6.07) is 6.35. The van der Waals surface area contributed by atoms with E-state index >= 15 is 0 Å². The van der Waals surface area contributed by atoms with Crippen molar-refractivity contribution in [2.75, 3.05) is 23.8 Å². The highest BCUT2D eigenvalue weighted by Crippen LogP contribution is 2.19. The number of nitrogens with zero attached hydrogens (tertiary/aromatic N) is 2. The topological polar surface area (TPSA) is 93.2 Å². The van der Waals surface area contributed by atoms with Crippen LogP contribution < -0.4 is 10.6 Å². The highest BCUT2D eigenvalue weighted by Gasteiger charge is 2.12. The minimum absolute atomic E-state index is 0.0524. The van der Waals surface area contributed by atoms with Crippen LogP contribution in [-0.2, 0) is 9.53 Å². The summed E-state index contributed by atoms with van der Waals surface area (Å²) in [4.78, 5) is 31.6. The SMILES string of the molecule is CCOC(=O)CNc1ncccc1NC(=O)c1cc(Cl)ccn1. The van der Waals surface area contributed by atoms with E-state index in [-0.39, 0.29) is 12.2 Å².